The fourth-order valence-corrected chi connectivity index (χ4v) is 3.70. The van der Waals surface area contributed by atoms with Crippen molar-refractivity contribution in [3.05, 3.63) is 17.9 Å². The third-order valence-corrected chi connectivity index (χ3v) is 4.89. The van der Waals surface area contributed by atoms with Crippen LogP contribution in [0.5, 0.6) is 0 Å². The highest BCUT2D eigenvalue weighted by Crippen LogP contribution is 2.26. The Bertz CT molecular complexity index is 586. The summed E-state index contributed by atoms with van der Waals surface area (Å²) in [5.41, 5.74) is 5.69. The van der Waals surface area contributed by atoms with E-state index >= 15 is 0 Å². The lowest BCUT2D eigenvalue weighted by atomic mass is 10.1. The molecule has 3 N–H and O–H groups in total. The number of nitrogens with one attached hydrogen (secondary N) is 1. The Balaban J connectivity index is 0.00000220. The van der Waals surface area contributed by atoms with Crippen molar-refractivity contribution >= 4 is 28.4 Å². The first-order valence-electron chi connectivity index (χ1n) is 6.37. The van der Waals surface area contributed by atoms with Crippen molar-refractivity contribution in [3.8, 4) is 0 Å². The van der Waals surface area contributed by atoms with Crippen LogP contribution in [0.2, 0.25) is 0 Å². The van der Waals surface area contributed by atoms with Gasteiger partial charge in [-0.3, -0.25) is 0 Å². The highest BCUT2D eigenvalue weighted by atomic mass is 35.5. The first-order chi connectivity index (χ1) is 9.47. The molecule has 0 amide bonds. The topological polar surface area (TPSA) is 112 Å². The lowest BCUT2D eigenvalue weighted by Crippen LogP contribution is -2.39. The van der Waals surface area contributed by atoms with Crippen molar-refractivity contribution in [1.82, 2.24) is 4.72 Å². The SMILES string of the molecule is COC(=O)c1coc(S(=O)(=O)NC2CCCC2CN)c1.Cl. The molecule has 2 atom stereocenters. The molecule has 1 aliphatic rings. The summed E-state index contributed by atoms with van der Waals surface area (Å²) in [7, 11) is -2.57. The van der Waals surface area contributed by atoms with Gasteiger partial charge in [0.1, 0.15) is 6.26 Å². The van der Waals surface area contributed by atoms with Crippen LogP contribution in [0.3, 0.4) is 0 Å². The minimum atomic E-state index is -3.79. The summed E-state index contributed by atoms with van der Waals surface area (Å²) in [6.07, 6.45) is 3.68. The second-order valence-electron chi connectivity index (χ2n) is 4.80. The zero-order chi connectivity index (χ0) is 14.8. The standard InChI is InChI=1S/C12H18N2O5S.ClH/c1-18-12(15)9-5-11(19-7-9)20(16,17)14-10-4-2-3-8(10)6-13;/h5,7-8,10,14H,2-4,6,13H2,1H3;1H. The van der Waals surface area contributed by atoms with E-state index in [9.17, 15) is 13.2 Å². The Kier molecular flexibility index (Phi) is 6.21. The fraction of sp³-hybridized carbons (Fsp3) is 0.583. The molecule has 0 aromatic carbocycles. The van der Waals surface area contributed by atoms with Gasteiger partial charge in [0.25, 0.3) is 10.0 Å². The monoisotopic (exact) mass is 338 g/mol. The minimum absolute atomic E-state index is 0. The predicted octanol–water partition coefficient (Wildman–Crippen LogP) is 0.894. The second-order valence-corrected chi connectivity index (χ2v) is 6.45. The molecule has 120 valence electrons. The van der Waals surface area contributed by atoms with E-state index in [1.807, 2.05) is 0 Å². The second kappa shape index (κ2) is 7.26. The molecule has 1 saturated carbocycles. The van der Waals surface area contributed by atoms with Gasteiger partial charge in [-0.15, -0.1) is 12.4 Å². The quantitative estimate of drug-likeness (QED) is 0.771. The van der Waals surface area contributed by atoms with E-state index in [1.54, 1.807) is 0 Å². The average Bonchev–Trinajstić information content (AvgIpc) is 3.06. The van der Waals surface area contributed by atoms with Crippen LogP contribution in [0.15, 0.2) is 21.8 Å². The molecule has 0 radical (unpaired) electrons. The maximum absolute atomic E-state index is 12.2. The van der Waals surface area contributed by atoms with E-state index in [4.69, 9.17) is 10.2 Å². The van der Waals surface area contributed by atoms with E-state index in [0.29, 0.717) is 6.54 Å². The Hall–Kier alpha value is -1.09. The zero-order valence-electron chi connectivity index (χ0n) is 11.6. The number of hydrogen-bond donors (Lipinski definition) is 2. The summed E-state index contributed by atoms with van der Waals surface area (Å²) >= 11 is 0. The molecule has 0 spiro atoms. The van der Waals surface area contributed by atoms with Crippen LogP contribution in [-0.2, 0) is 14.8 Å². The number of carbonyl (C=O) groups is 1. The van der Waals surface area contributed by atoms with Crippen LogP contribution in [0.4, 0.5) is 0 Å². The maximum Gasteiger partial charge on any atom is 0.341 e. The van der Waals surface area contributed by atoms with Crippen LogP contribution in [0, 0.1) is 5.92 Å². The van der Waals surface area contributed by atoms with E-state index in [0.717, 1.165) is 31.6 Å². The Labute approximate surface area is 129 Å². The molecule has 1 heterocycles. The number of rotatable bonds is 5. The van der Waals surface area contributed by atoms with Gasteiger partial charge in [0, 0.05) is 12.1 Å². The molecule has 1 aliphatic carbocycles. The van der Waals surface area contributed by atoms with Crippen molar-refractivity contribution in [3.63, 3.8) is 0 Å². The number of carbonyl (C=O) groups excluding carboxylic acids is 1. The van der Waals surface area contributed by atoms with E-state index < -0.39 is 16.0 Å². The van der Waals surface area contributed by atoms with Gasteiger partial charge in [0.2, 0.25) is 5.09 Å². The predicted molar refractivity (Wildman–Crippen MR) is 77.8 cm³/mol. The van der Waals surface area contributed by atoms with Crippen molar-refractivity contribution in [2.24, 2.45) is 11.7 Å². The molecular weight excluding hydrogens is 320 g/mol. The molecule has 0 bridgehead atoms. The molecule has 0 aliphatic heterocycles. The number of ether oxygens (including phenoxy) is 1. The number of halogens is 1. The summed E-state index contributed by atoms with van der Waals surface area (Å²) in [6.45, 7) is 0.443. The first-order valence-corrected chi connectivity index (χ1v) is 7.85. The van der Waals surface area contributed by atoms with Crippen molar-refractivity contribution < 1.29 is 22.4 Å². The Morgan fingerprint density at radius 3 is 2.86 bits per heavy atom. The normalized spacial score (nSPS) is 21.8. The van der Waals surface area contributed by atoms with Crippen LogP contribution in [0.1, 0.15) is 29.6 Å². The Morgan fingerprint density at radius 2 is 2.24 bits per heavy atom. The molecule has 1 aromatic rings. The van der Waals surface area contributed by atoms with Gasteiger partial charge in [-0.1, -0.05) is 6.42 Å². The summed E-state index contributed by atoms with van der Waals surface area (Å²) in [4.78, 5) is 11.3. The van der Waals surface area contributed by atoms with Gasteiger partial charge in [-0.2, -0.15) is 0 Å². The molecule has 2 unspecified atom stereocenters. The summed E-state index contributed by atoms with van der Waals surface area (Å²) < 4.78 is 36.4. The van der Waals surface area contributed by atoms with Crippen molar-refractivity contribution in [1.29, 1.82) is 0 Å². The molecule has 1 aromatic heterocycles. The molecule has 9 heteroatoms. The van der Waals surface area contributed by atoms with Crippen molar-refractivity contribution in [2.45, 2.75) is 30.4 Å². The molecular formula is C12H19ClN2O5S. The van der Waals surface area contributed by atoms with E-state index in [2.05, 4.69) is 9.46 Å². The lowest BCUT2D eigenvalue weighted by Gasteiger charge is -2.18. The maximum atomic E-state index is 12.2. The summed E-state index contributed by atoms with van der Waals surface area (Å²) in [5, 5.41) is -0.291. The smallest absolute Gasteiger partial charge is 0.341 e. The molecule has 21 heavy (non-hydrogen) atoms. The lowest BCUT2D eigenvalue weighted by molar-refractivity contribution is 0.0600. The van der Waals surface area contributed by atoms with Crippen molar-refractivity contribution in [2.75, 3.05) is 13.7 Å². The van der Waals surface area contributed by atoms with Gasteiger partial charge in [0.05, 0.1) is 12.7 Å². The van der Waals surface area contributed by atoms with Crippen LogP contribution in [0.25, 0.3) is 0 Å². The minimum Gasteiger partial charge on any atom is -0.465 e. The third kappa shape index (κ3) is 3.97. The van der Waals surface area contributed by atoms with Gasteiger partial charge < -0.3 is 14.9 Å². The van der Waals surface area contributed by atoms with Crippen LogP contribution in [-0.4, -0.2) is 34.1 Å². The van der Waals surface area contributed by atoms with Gasteiger partial charge >= 0.3 is 5.97 Å². The third-order valence-electron chi connectivity index (χ3n) is 3.53. The zero-order valence-corrected chi connectivity index (χ0v) is 13.2. The summed E-state index contributed by atoms with van der Waals surface area (Å²) in [5.74, 6) is -0.504. The number of methoxy groups -OCH3 is 1. The fourth-order valence-electron chi connectivity index (χ4n) is 2.41. The van der Waals surface area contributed by atoms with Gasteiger partial charge in [-0.25, -0.2) is 17.9 Å². The van der Waals surface area contributed by atoms with Crippen LogP contribution >= 0.6 is 12.4 Å². The number of sulfonamides is 1. The Morgan fingerprint density at radius 1 is 1.52 bits per heavy atom. The molecule has 1 fully saturated rings. The van der Waals surface area contributed by atoms with Gasteiger partial charge in [0.15, 0.2) is 0 Å². The summed E-state index contributed by atoms with van der Waals surface area (Å²) in [6, 6.07) is 0.970. The molecule has 7 nitrogen and oxygen atoms in total. The highest BCUT2D eigenvalue weighted by molar-refractivity contribution is 7.89. The number of furan rings is 1. The van der Waals surface area contributed by atoms with Gasteiger partial charge in [-0.05, 0) is 25.3 Å². The number of nitrogens with two attached hydrogens (primary N) is 1. The highest BCUT2D eigenvalue weighted by Gasteiger charge is 2.32. The van der Waals surface area contributed by atoms with Crippen LogP contribution < -0.4 is 10.5 Å². The van der Waals surface area contributed by atoms with E-state index in [1.165, 1.54) is 7.11 Å². The number of hydrogen-bond acceptors (Lipinski definition) is 6. The molecule has 2 rings (SSSR count). The largest absolute Gasteiger partial charge is 0.465 e. The first kappa shape index (κ1) is 18.0. The average molecular weight is 339 g/mol. The van der Waals surface area contributed by atoms with E-state index in [-0.39, 0.29) is 35.0 Å². The molecule has 0 saturated heterocycles. The number of esters is 1.